The summed E-state index contributed by atoms with van der Waals surface area (Å²) in [6, 6.07) is 2.68. The first kappa shape index (κ1) is 19.8. The predicted molar refractivity (Wildman–Crippen MR) is 93.8 cm³/mol. The monoisotopic (exact) mass is 388 g/mol. The van der Waals surface area contributed by atoms with E-state index in [4.69, 9.17) is 0 Å². The van der Waals surface area contributed by atoms with Crippen LogP contribution in [0.25, 0.3) is 0 Å². The maximum atomic E-state index is 13.4. The van der Waals surface area contributed by atoms with Gasteiger partial charge >= 0.3 is 6.18 Å². The second-order valence-corrected chi connectivity index (χ2v) is 7.16. The second-order valence-electron chi connectivity index (χ2n) is 7.16. The summed E-state index contributed by atoms with van der Waals surface area (Å²) >= 11 is 0. The van der Waals surface area contributed by atoms with E-state index in [0.717, 1.165) is 38.3 Å². The quantitative estimate of drug-likeness (QED) is 0.629. The van der Waals surface area contributed by atoms with E-state index in [0.29, 0.717) is 19.0 Å². The lowest BCUT2D eigenvalue weighted by Crippen LogP contribution is -2.58. The summed E-state index contributed by atoms with van der Waals surface area (Å²) in [7, 11) is 2.03. The zero-order chi connectivity index (χ0) is 19.8. The Labute approximate surface area is 155 Å². The Kier molecular flexibility index (Phi) is 5.59. The van der Waals surface area contributed by atoms with Crippen LogP contribution in [0.15, 0.2) is 18.2 Å². The molecule has 2 aliphatic rings. The van der Waals surface area contributed by atoms with Gasteiger partial charge in [0.25, 0.3) is 5.69 Å². The topological polar surface area (TPSA) is 73.1 Å². The molecule has 2 aliphatic heterocycles. The maximum absolute atomic E-state index is 13.4. The van der Waals surface area contributed by atoms with Crippen molar-refractivity contribution in [1.29, 1.82) is 0 Å². The van der Waals surface area contributed by atoms with Crippen LogP contribution in [0.5, 0.6) is 0 Å². The van der Waals surface area contributed by atoms with Crippen molar-refractivity contribution < 1.29 is 23.2 Å². The number of piperidine rings is 1. The maximum Gasteiger partial charge on any atom is 0.418 e. The van der Waals surface area contributed by atoms with Crippen molar-refractivity contribution in [1.82, 2.24) is 9.80 Å². The summed E-state index contributed by atoms with van der Waals surface area (Å²) in [6.45, 7) is 3.86. The number of benzene rings is 1. The first-order valence-corrected chi connectivity index (χ1v) is 8.88. The fourth-order valence-corrected chi connectivity index (χ4v) is 3.86. The van der Waals surface area contributed by atoms with E-state index in [1.807, 2.05) is 7.05 Å². The summed E-state index contributed by atoms with van der Waals surface area (Å²) in [5.74, 6) is 0. The fraction of sp³-hybridized carbons (Fsp3) is 0.647. The number of nitrogens with zero attached hydrogens (tertiary/aromatic N) is 4. The number of nitro groups is 1. The number of aliphatic hydroxyl groups excluding tert-OH is 1. The lowest BCUT2D eigenvalue weighted by atomic mass is 9.97. The molecule has 2 saturated heterocycles. The van der Waals surface area contributed by atoms with Crippen molar-refractivity contribution in [3.8, 4) is 0 Å². The van der Waals surface area contributed by atoms with E-state index in [-0.39, 0.29) is 18.3 Å². The number of hydrogen-bond acceptors (Lipinski definition) is 6. The van der Waals surface area contributed by atoms with Gasteiger partial charge in [0.1, 0.15) is 0 Å². The standard InChI is InChI=1S/C17H23F3N4O3/c1-21-6-8-22(9-7-21)15-4-5-23(11-16(15)25)14-3-2-12(24(26)27)10-13(14)17(18,19)20/h2-3,10,15-16,25H,4-9,11H2,1H3. The van der Waals surface area contributed by atoms with E-state index >= 15 is 0 Å². The first-order chi connectivity index (χ1) is 12.7. The Hall–Kier alpha value is -1.91. The normalized spacial score (nSPS) is 25.6. The molecule has 0 bridgehead atoms. The van der Waals surface area contributed by atoms with Crippen LogP contribution >= 0.6 is 0 Å². The number of non-ortho nitro benzene ring substituents is 1. The van der Waals surface area contributed by atoms with Crippen molar-refractivity contribution in [3.63, 3.8) is 0 Å². The highest BCUT2D eigenvalue weighted by Crippen LogP contribution is 2.39. The lowest BCUT2D eigenvalue weighted by Gasteiger charge is -2.45. The molecule has 150 valence electrons. The van der Waals surface area contributed by atoms with Crippen molar-refractivity contribution in [2.45, 2.75) is 24.7 Å². The summed E-state index contributed by atoms with van der Waals surface area (Å²) in [5.41, 5.74) is -1.76. The summed E-state index contributed by atoms with van der Waals surface area (Å²) in [5, 5.41) is 21.4. The van der Waals surface area contributed by atoms with Gasteiger partial charge in [0, 0.05) is 63.1 Å². The third kappa shape index (κ3) is 4.33. The van der Waals surface area contributed by atoms with E-state index in [2.05, 4.69) is 9.80 Å². The molecule has 27 heavy (non-hydrogen) atoms. The molecule has 0 amide bonds. The van der Waals surface area contributed by atoms with Crippen LogP contribution in [0.1, 0.15) is 12.0 Å². The largest absolute Gasteiger partial charge is 0.418 e. The van der Waals surface area contributed by atoms with Crippen LogP contribution in [0, 0.1) is 10.1 Å². The van der Waals surface area contributed by atoms with Crippen molar-refractivity contribution in [2.75, 3.05) is 51.2 Å². The van der Waals surface area contributed by atoms with Crippen LogP contribution in [-0.2, 0) is 6.18 Å². The fourth-order valence-electron chi connectivity index (χ4n) is 3.86. The zero-order valence-electron chi connectivity index (χ0n) is 15.0. The molecule has 7 nitrogen and oxygen atoms in total. The van der Waals surface area contributed by atoms with E-state index in [1.54, 1.807) is 0 Å². The SMILES string of the molecule is CN1CCN(C2CCN(c3ccc([N+](=O)[O-])cc3C(F)(F)F)CC2O)CC1. The molecule has 0 saturated carbocycles. The Balaban J connectivity index is 1.77. The molecule has 0 radical (unpaired) electrons. The summed E-state index contributed by atoms with van der Waals surface area (Å²) < 4.78 is 40.3. The van der Waals surface area contributed by atoms with Gasteiger partial charge < -0.3 is 14.9 Å². The van der Waals surface area contributed by atoms with Crippen molar-refractivity contribution in [3.05, 3.63) is 33.9 Å². The average Bonchev–Trinajstić information content (AvgIpc) is 2.61. The molecule has 10 heteroatoms. The van der Waals surface area contributed by atoms with Gasteiger partial charge in [0.2, 0.25) is 0 Å². The Bertz CT molecular complexity index is 692. The molecule has 0 spiro atoms. The molecule has 2 fully saturated rings. The highest BCUT2D eigenvalue weighted by atomic mass is 19.4. The molecule has 0 aromatic heterocycles. The smallest absolute Gasteiger partial charge is 0.390 e. The number of alkyl halides is 3. The van der Waals surface area contributed by atoms with E-state index in [1.165, 1.54) is 4.90 Å². The molecule has 2 heterocycles. The molecule has 1 aromatic carbocycles. The van der Waals surface area contributed by atoms with Gasteiger partial charge in [-0.1, -0.05) is 0 Å². The molecule has 2 atom stereocenters. The number of likely N-dealkylation sites (N-methyl/N-ethyl adjacent to an activating group) is 1. The van der Waals surface area contributed by atoms with Gasteiger partial charge in [-0.3, -0.25) is 15.0 Å². The van der Waals surface area contributed by atoms with Gasteiger partial charge in [-0.2, -0.15) is 13.2 Å². The number of piperazine rings is 1. The summed E-state index contributed by atoms with van der Waals surface area (Å²) in [4.78, 5) is 15.9. The minimum absolute atomic E-state index is 0.0674. The molecule has 2 unspecified atom stereocenters. The molecule has 3 rings (SSSR count). The highest BCUT2D eigenvalue weighted by molar-refractivity contribution is 5.59. The van der Waals surface area contributed by atoms with Gasteiger partial charge in [0.15, 0.2) is 0 Å². The Morgan fingerprint density at radius 1 is 1.19 bits per heavy atom. The van der Waals surface area contributed by atoms with Gasteiger partial charge in [-0.15, -0.1) is 0 Å². The number of aliphatic hydroxyl groups is 1. The average molecular weight is 388 g/mol. The third-order valence-electron chi connectivity index (χ3n) is 5.39. The van der Waals surface area contributed by atoms with E-state index < -0.39 is 28.5 Å². The van der Waals surface area contributed by atoms with Crippen LogP contribution in [-0.4, -0.2) is 78.3 Å². The molecule has 0 aliphatic carbocycles. The van der Waals surface area contributed by atoms with Gasteiger partial charge in [-0.25, -0.2) is 0 Å². The molecular formula is C17H23F3N4O3. The van der Waals surface area contributed by atoms with Crippen LogP contribution < -0.4 is 4.90 Å². The Morgan fingerprint density at radius 3 is 2.41 bits per heavy atom. The molecular weight excluding hydrogens is 365 g/mol. The van der Waals surface area contributed by atoms with Crippen LogP contribution in [0.3, 0.4) is 0 Å². The van der Waals surface area contributed by atoms with E-state index in [9.17, 15) is 28.4 Å². The van der Waals surface area contributed by atoms with Crippen LogP contribution in [0.2, 0.25) is 0 Å². The summed E-state index contributed by atoms with van der Waals surface area (Å²) in [6.07, 6.45) is -4.95. The lowest BCUT2D eigenvalue weighted by molar-refractivity contribution is -0.385. The van der Waals surface area contributed by atoms with Crippen molar-refractivity contribution >= 4 is 11.4 Å². The highest BCUT2D eigenvalue weighted by Gasteiger charge is 2.39. The van der Waals surface area contributed by atoms with Gasteiger partial charge in [0.05, 0.1) is 16.6 Å². The minimum atomic E-state index is -4.71. The van der Waals surface area contributed by atoms with Crippen molar-refractivity contribution in [2.24, 2.45) is 0 Å². The Morgan fingerprint density at radius 2 is 1.85 bits per heavy atom. The van der Waals surface area contributed by atoms with Crippen LogP contribution in [0.4, 0.5) is 24.5 Å². The molecule has 1 aromatic rings. The number of anilines is 1. The number of halogens is 3. The minimum Gasteiger partial charge on any atom is -0.390 e. The molecule has 1 N–H and O–H groups in total. The number of rotatable bonds is 3. The first-order valence-electron chi connectivity index (χ1n) is 8.88. The van der Waals surface area contributed by atoms with Gasteiger partial charge in [-0.05, 0) is 19.5 Å². The third-order valence-corrected chi connectivity index (χ3v) is 5.39. The number of hydrogen-bond donors (Lipinski definition) is 1. The number of nitro benzene ring substituents is 1. The zero-order valence-corrected chi connectivity index (χ0v) is 15.0. The second kappa shape index (κ2) is 7.61. The predicted octanol–water partition coefficient (Wildman–Crippen LogP) is 1.80. The number of β-amino-alcohol motifs (C(OH)–C–C–N with tert-alkyl or cyclic N) is 1.